The summed E-state index contributed by atoms with van der Waals surface area (Å²) in [7, 11) is 0. The molecule has 0 amide bonds. The van der Waals surface area contributed by atoms with Crippen molar-refractivity contribution in [3.05, 3.63) is 199 Å². The summed E-state index contributed by atoms with van der Waals surface area (Å²) in [5.41, 5.74) is 14.8. The van der Waals surface area contributed by atoms with Gasteiger partial charge >= 0.3 is 0 Å². The van der Waals surface area contributed by atoms with Gasteiger partial charge in [0.25, 0.3) is 0 Å². The molecule has 2 heterocycles. The molecule has 60 heavy (non-hydrogen) atoms. The van der Waals surface area contributed by atoms with Crippen molar-refractivity contribution >= 4 is 77.0 Å². The van der Waals surface area contributed by atoms with Gasteiger partial charge < -0.3 is 14.0 Å². The van der Waals surface area contributed by atoms with Crippen molar-refractivity contribution in [2.24, 2.45) is 5.92 Å². The van der Waals surface area contributed by atoms with Gasteiger partial charge in [-0.15, -0.1) is 0 Å². The molecule has 0 fully saturated rings. The molecule has 3 nitrogen and oxygen atoms in total. The fourth-order valence-electron chi connectivity index (χ4n) is 11.1. The van der Waals surface area contributed by atoms with E-state index >= 15 is 0 Å². The number of allylic oxidation sites excluding steroid dienone is 6. The quantitative estimate of drug-likeness (QED) is 0.170. The standard InChI is InChI=1S/C57H47N3/c1-37-15-14-19-40(33-37)58-51-24-13-11-22-46(51)47-28-26-41(34-53(47)58)59-52-30-25-38-16-8-9-20-43(38)55(52)48-29-27-42(35-54(48)59)60(39-17-6-5-7-18-39)57(4)32-31-45-44-21-10-12-23-49(44)56(2,3)50(45)36-57/h5-14,16-31,33-37H,15,32H2,1-4H3. The highest BCUT2D eigenvalue weighted by Crippen LogP contribution is 2.54. The number of hydrogen-bond acceptors (Lipinski definition) is 1. The van der Waals surface area contributed by atoms with E-state index in [1.54, 1.807) is 0 Å². The number of fused-ring (bicyclic) bond motifs is 11. The summed E-state index contributed by atoms with van der Waals surface area (Å²) >= 11 is 0. The van der Waals surface area contributed by atoms with Crippen LogP contribution in [0.2, 0.25) is 0 Å². The summed E-state index contributed by atoms with van der Waals surface area (Å²) in [5, 5.41) is 7.62. The Morgan fingerprint density at radius 2 is 1.33 bits per heavy atom. The highest BCUT2D eigenvalue weighted by atomic mass is 15.2. The lowest BCUT2D eigenvalue weighted by Gasteiger charge is -2.44. The molecule has 2 unspecified atom stereocenters. The molecule has 7 aromatic carbocycles. The van der Waals surface area contributed by atoms with Crippen molar-refractivity contribution in [3.8, 4) is 5.69 Å². The zero-order valence-corrected chi connectivity index (χ0v) is 34.7. The fourth-order valence-corrected chi connectivity index (χ4v) is 11.1. The van der Waals surface area contributed by atoms with Crippen molar-refractivity contribution in [1.82, 2.24) is 9.13 Å². The van der Waals surface area contributed by atoms with Crippen LogP contribution in [-0.4, -0.2) is 14.7 Å². The Balaban J connectivity index is 1.12. The largest absolute Gasteiger partial charge is 0.332 e. The van der Waals surface area contributed by atoms with Gasteiger partial charge in [0.1, 0.15) is 0 Å². The molecule has 2 aromatic heterocycles. The molecule has 0 aliphatic heterocycles. The first kappa shape index (κ1) is 35.1. The predicted octanol–water partition coefficient (Wildman–Crippen LogP) is 15.1. The van der Waals surface area contributed by atoms with E-state index in [0.29, 0.717) is 5.92 Å². The summed E-state index contributed by atoms with van der Waals surface area (Å²) in [5.74, 6) is 0.486. The first-order valence-electron chi connectivity index (χ1n) is 21.6. The lowest BCUT2D eigenvalue weighted by atomic mass is 9.76. The molecule has 0 saturated carbocycles. The number of benzene rings is 7. The normalized spacial score (nSPS) is 19.5. The van der Waals surface area contributed by atoms with Crippen LogP contribution in [0.3, 0.4) is 0 Å². The maximum absolute atomic E-state index is 2.59. The number of hydrogen-bond donors (Lipinski definition) is 0. The van der Waals surface area contributed by atoms with E-state index in [1.165, 1.54) is 93.7 Å². The molecule has 0 spiro atoms. The number of aromatic nitrogens is 2. The molecule has 0 bridgehead atoms. The number of anilines is 2. The van der Waals surface area contributed by atoms with Crippen molar-refractivity contribution in [2.75, 3.05) is 4.90 Å². The average Bonchev–Trinajstić information content (AvgIpc) is 3.86. The van der Waals surface area contributed by atoms with Gasteiger partial charge in [-0.05, 0) is 113 Å². The maximum atomic E-state index is 2.59. The lowest BCUT2D eigenvalue weighted by molar-refractivity contribution is 0.550. The molecule has 2 atom stereocenters. The van der Waals surface area contributed by atoms with Gasteiger partial charge in [0.05, 0.1) is 27.6 Å². The van der Waals surface area contributed by atoms with E-state index in [-0.39, 0.29) is 11.0 Å². The van der Waals surface area contributed by atoms with Gasteiger partial charge in [-0.2, -0.15) is 0 Å². The van der Waals surface area contributed by atoms with E-state index in [0.717, 1.165) is 18.5 Å². The monoisotopic (exact) mass is 773 g/mol. The minimum absolute atomic E-state index is 0.0908. The summed E-state index contributed by atoms with van der Waals surface area (Å²) in [4.78, 5) is 2.59. The molecule has 0 saturated heterocycles. The zero-order valence-electron chi connectivity index (χ0n) is 34.7. The summed E-state index contributed by atoms with van der Waals surface area (Å²) in [6.45, 7) is 9.52. The van der Waals surface area contributed by atoms with Crippen molar-refractivity contribution < 1.29 is 0 Å². The third kappa shape index (κ3) is 5.02. The maximum Gasteiger partial charge on any atom is 0.0646 e. The zero-order chi connectivity index (χ0) is 40.3. The molecular formula is C57H47N3. The van der Waals surface area contributed by atoms with Crippen LogP contribution in [0.5, 0.6) is 0 Å². The van der Waals surface area contributed by atoms with Crippen LogP contribution in [0, 0.1) is 5.92 Å². The Hall–Kier alpha value is -6.84. The van der Waals surface area contributed by atoms with Gasteiger partial charge in [0.2, 0.25) is 0 Å². The van der Waals surface area contributed by atoms with Gasteiger partial charge in [-0.1, -0.05) is 148 Å². The summed E-state index contributed by atoms with van der Waals surface area (Å²) in [6.07, 6.45) is 14.1. The summed E-state index contributed by atoms with van der Waals surface area (Å²) in [6, 6.07) is 56.7. The highest BCUT2D eigenvalue weighted by Gasteiger charge is 2.44. The Kier molecular flexibility index (Phi) is 7.51. The third-order valence-electron chi connectivity index (χ3n) is 13.9. The SMILES string of the molecule is CC1C=C(n2c3ccccc3c3ccc(-n4c5cc(N(c6ccccc6)C6(C)C=C7C(=CC6)c6ccccc6C7(C)C)ccc5c5c6ccccc6ccc54)cc32)C=CC1. The Morgan fingerprint density at radius 1 is 0.600 bits per heavy atom. The Labute approximate surface area is 351 Å². The predicted molar refractivity (Wildman–Crippen MR) is 256 cm³/mol. The van der Waals surface area contributed by atoms with Gasteiger partial charge in [0, 0.05) is 49.7 Å². The molecule has 0 N–H and O–H groups in total. The number of para-hydroxylation sites is 2. The number of rotatable bonds is 5. The van der Waals surface area contributed by atoms with E-state index in [2.05, 4.69) is 224 Å². The van der Waals surface area contributed by atoms with E-state index in [1.807, 2.05) is 0 Å². The smallest absolute Gasteiger partial charge is 0.0646 e. The first-order valence-corrected chi connectivity index (χ1v) is 21.6. The van der Waals surface area contributed by atoms with Gasteiger partial charge in [-0.3, -0.25) is 0 Å². The second-order valence-electron chi connectivity index (χ2n) is 18.1. The molecule has 3 heteroatoms. The van der Waals surface area contributed by atoms with Crippen LogP contribution < -0.4 is 4.90 Å². The third-order valence-corrected chi connectivity index (χ3v) is 13.9. The van der Waals surface area contributed by atoms with Crippen molar-refractivity contribution in [2.45, 2.75) is 51.5 Å². The number of nitrogens with zero attached hydrogens (tertiary/aromatic N) is 3. The second-order valence-corrected chi connectivity index (χ2v) is 18.1. The van der Waals surface area contributed by atoms with E-state index < -0.39 is 0 Å². The first-order chi connectivity index (χ1) is 29.3. The Bertz CT molecular complexity index is 3380. The van der Waals surface area contributed by atoms with Crippen LogP contribution in [0.25, 0.3) is 71.3 Å². The molecule has 9 aromatic rings. The molecule has 3 aliphatic carbocycles. The minimum atomic E-state index is -0.324. The van der Waals surface area contributed by atoms with Crippen molar-refractivity contribution in [3.63, 3.8) is 0 Å². The van der Waals surface area contributed by atoms with E-state index in [4.69, 9.17) is 0 Å². The van der Waals surface area contributed by atoms with Crippen LogP contribution >= 0.6 is 0 Å². The molecule has 12 rings (SSSR count). The fraction of sp³-hybridized carbons (Fsp3) is 0.158. The van der Waals surface area contributed by atoms with E-state index in [9.17, 15) is 0 Å². The van der Waals surface area contributed by atoms with Crippen LogP contribution in [0.1, 0.15) is 51.7 Å². The highest BCUT2D eigenvalue weighted by molar-refractivity contribution is 6.22. The minimum Gasteiger partial charge on any atom is -0.332 e. The van der Waals surface area contributed by atoms with Crippen LogP contribution in [0.4, 0.5) is 11.4 Å². The second kappa shape index (κ2) is 12.8. The Morgan fingerprint density at radius 3 is 2.20 bits per heavy atom. The molecule has 290 valence electrons. The van der Waals surface area contributed by atoms with Gasteiger partial charge in [0.15, 0.2) is 0 Å². The van der Waals surface area contributed by atoms with Crippen LogP contribution in [0.15, 0.2) is 188 Å². The topological polar surface area (TPSA) is 13.1 Å². The summed E-state index contributed by atoms with van der Waals surface area (Å²) < 4.78 is 5.00. The average molecular weight is 774 g/mol. The molecule has 3 aliphatic rings. The van der Waals surface area contributed by atoms with Crippen molar-refractivity contribution in [1.29, 1.82) is 0 Å². The lowest BCUT2D eigenvalue weighted by Crippen LogP contribution is -2.43. The molecule has 0 radical (unpaired) electrons. The van der Waals surface area contributed by atoms with Gasteiger partial charge in [-0.25, -0.2) is 0 Å². The van der Waals surface area contributed by atoms with Crippen LogP contribution in [-0.2, 0) is 5.41 Å². The molecular weight excluding hydrogens is 727 g/mol.